The largest absolute Gasteiger partial charge is 0.308 e. The number of hydrogen-bond acceptors (Lipinski definition) is 6. The summed E-state index contributed by atoms with van der Waals surface area (Å²) in [4.78, 5) is 10.4. The SMILES string of the molecule is N#Cc1cccc(-c2ccc3c(c2)c2cc(-c4cccc(C#N)c4)ccc2n3-c2c(-c3cccc(C#N)c3)cc(-c3cc(-c4ccccc4)nc(-c4ccccc4)n3)cc2-c2cccc(C#N)c2)c1. The molecule has 0 spiro atoms. The number of fused-ring (bicyclic) bond motifs is 3. The first-order valence-electron chi connectivity index (χ1n) is 22.3. The number of nitrogens with zero attached hydrogens (tertiary/aromatic N) is 7. The van der Waals surface area contributed by atoms with E-state index < -0.39 is 0 Å². The van der Waals surface area contributed by atoms with Crippen LogP contribution < -0.4 is 0 Å². The molecule has 11 aromatic rings. The maximum absolute atomic E-state index is 10.3. The Morgan fingerprint density at radius 1 is 0.304 bits per heavy atom. The summed E-state index contributed by atoms with van der Waals surface area (Å²) >= 11 is 0. The van der Waals surface area contributed by atoms with Crippen LogP contribution in [0.4, 0.5) is 0 Å². The maximum atomic E-state index is 10.3. The van der Waals surface area contributed by atoms with Crippen molar-refractivity contribution in [2.24, 2.45) is 0 Å². The van der Waals surface area contributed by atoms with Gasteiger partial charge in [-0.2, -0.15) is 21.0 Å². The zero-order chi connectivity index (χ0) is 46.8. The van der Waals surface area contributed by atoms with E-state index in [1.807, 2.05) is 140 Å². The van der Waals surface area contributed by atoms with Gasteiger partial charge in [0.05, 0.1) is 74.6 Å². The molecule has 2 aromatic heterocycles. The van der Waals surface area contributed by atoms with Gasteiger partial charge in [-0.05, 0) is 124 Å². The average molecular weight is 878 g/mol. The van der Waals surface area contributed by atoms with Crippen LogP contribution in [0.3, 0.4) is 0 Å². The molecule has 0 radical (unpaired) electrons. The molecular formula is C62H35N7. The molecule has 0 saturated heterocycles. The lowest BCUT2D eigenvalue weighted by molar-refractivity contribution is 1.17. The highest BCUT2D eigenvalue weighted by atomic mass is 15.0. The van der Waals surface area contributed by atoms with Gasteiger partial charge in [-0.3, -0.25) is 0 Å². The Balaban J connectivity index is 1.27. The molecule has 2 heterocycles. The molecule has 0 N–H and O–H groups in total. The van der Waals surface area contributed by atoms with Gasteiger partial charge < -0.3 is 4.57 Å². The summed E-state index contributed by atoms with van der Waals surface area (Å²) in [6, 6.07) is 79.0. The van der Waals surface area contributed by atoms with Crippen LogP contribution in [0, 0.1) is 45.3 Å². The van der Waals surface area contributed by atoms with Crippen molar-refractivity contribution in [1.29, 1.82) is 21.0 Å². The Bertz CT molecular complexity index is 3760. The minimum atomic E-state index is 0.507. The minimum absolute atomic E-state index is 0.507. The molecular weight excluding hydrogens is 843 g/mol. The van der Waals surface area contributed by atoms with Crippen molar-refractivity contribution in [2.75, 3.05) is 0 Å². The van der Waals surface area contributed by atoms with Gasteiger partial charge in [-0.15, -0.1) is 0 Å². The van der Waals surface area contributed by atoms with E-state index in [1.165, 1.54) is 0 Å². The Labute approximate surface area is 398 Å². The van der Waals surface area contributed by atoms with E-state index in [-0.39, 0.29) is 0 Å². The van der Waals surface area contributed by atoms with Crippen molar-refractivity contribution >= 4 is 21.8 Å². The van der Waals surface area contributed by atoms with Crippen molar-refractivity contribution in [3.8, 4) is 108 Å². The smallest absolute Gasteiger partial charge is 0.160 e. The van der Waals surface area contributed by atoms with Crippen molar-refractivity contribution < 1.29 is 0 Å². The highest BCUT2D eigenvalue weighted by Gasteiger charge is 2.24. The lowest BCUT2D eigenvalue weighted by atomic mass is 9.90. The lowest BCUT2D eigenvalue weighted by Crippen LogP contribution is -2.03. The van der Waals surface area contributed by atoms with Crippen LogP contribution in [-0.2, 0) is 0 Å². The Kier molecular flexibility index (Phi) is 10.6. The summed E-state index contributed by atoms with van der Waals surface area (Å²) in [7, 11) is 0. The van der Waals surface area contributed by atoms with Crippen LogP contribution in [0.1, 0.15) is 22.3 Å². The molecule has 0 aliphatic carbocycles. The van der Waals surface area contributed by atoms with Crippen LogP contribution in [0.15, 0.2) is 212 Å². The molecule has 7 heteroatoms. The molecule has 69 heavy (non-hydrogen) atoms. The topological polar surface area (TPSA) is 126 Å². The monoisotopic (exact) mass is 877 g/mol. The van der Waals surface area contributed by atoms with Gasteiger partial charge in [0.25, 0.3) is 0 Å². The second-order valence-corrected chi connectivity index (χ2v) is 16.7. The van der Waals surface area contributed by atoms with Gasteiger partial charge in [0.1, 0.15) is 0 Å². The van der Waals surface area contributed by atoms with Crippen molar-refractivity contribution in [2.45, 2.75) is 0 Å². The van der Waals surface area contributed by atoms with Crippen LogP contribution in [0.25, 0.3) is 106 Å². The summed E-state index contributed by atoms with van der Waals surface area (Å²) < 4.78 is 2.28. The van der Waals surface area contributed by atoms with Crippen molar-refractivity contribution in [3.05, 3.63) is 235 Å². The highest BCUT2D eigenvalue weighted by Crippen LogP contribution is 2.46. The molecule has 9 aromatic carbocycles. The first kappa shape index (κ1) is 41.5. The second-order valence-electron chi connectivity index (χ2n) is 16.7. The third-order valence-corrected chi connectivity index (χ3v) is 12.5. The number of hydrogen-bond donors (Lipinski definition) is 0. The molecule has 0 amide bonds. The summed E-state index contributed by atoms with van der Waals surface area (Å²) in [5, 5.41) is 42.2. The standard InChI is InChI=1S/C62H35N7/c63-36-40-11-7-19-46(27-40)48-23-25-59-55(31-48)56-32-49(47-20-8-12-41(28-47)37-64)24-26-60(56)69(59)61-53(50-21-9-13-42(29-50)38-65)33-52(34-54(61)51-22-10-14-43(30-51)39-66)58-35-57(44-15-3-1-4-16-44)67-62(68-58)45-17-5-2-6-18-45/h1-35H. The van der Waals surface area contributed by atoms with E-state index in [2.05, 4.69) is 77.4 Å². The van der Waals surface area contributed by atoms with E-state index in [1.54, 1.807) is 24.3 Å². The number of nitriles is 4. The summed E-state index contributed by atoms with van der Waals surface area (Å²) in [5.74, 6) is 0.576. The zero-order valence-corrected chi connectivity index (χ0v) is 36.8. The van der Waals surface area contributed by atoms with Gasteiger partial charge >= 0.3 is 0 Å². The normalized spacial score (nSPS) is 10.8. The molecule has 0 fully saturated rings. The van der Waals surface area contributed by atoms with Gasteiger partial charge in [-0.1, -0.05) is 121 Å². The predicted octanol–water partition coefficient (Wildman–Crippen LogP) is 14.7. The summed E-state index contributed by atoms with van der Waals surface area (Å²) in [5.41, 5.74) is 15.9. The van der Waals surface area contributed by atoms with E-state index in [0.29, 0.717) is 33.8 Å². The zero-order valence-electron chi connectivity index (χ0n) is 36.8. The number of benzene rings is 9. The fraction of sp³-hybridized carbons (Fsp3) is 0. The quantitative estimate of drug-likeness (QED) is 0.150. The fourth-order valence-corrected chi connectivity index (χ4v) is 9.20. The molecule has 0 unspecified atom stereocenters. The van der Waals surface area contributed by atoms with Crippen LogP contribution in [0.5, 0.6) is 0 Å². The first-order chi connectivity index (χ1) is 34.0. The maximum Gasteiger partial charge on any atom is 0.160 e. The summed E-state index contributed by atoms with van der Waals surface area (Å²) in [6.07, 6.45) is 0. The summed E-state index contributed by atoms with van der Waals surface area (Å²) in [6.45, 7) is 0. The molecule has 0 bridgehead atoms. The van der Waals surface area contributed by atoms with Crippen LogP contribution >= 0.6 is 0 Å². The van der Waals surface area contributed by atoms with Crippen molar-refractivity contribution in [3.63, 3.8) is 0 Å². The third kappa shape index (κ3) is 7.82. The average Bonchev–Trinajstić information content (AvgIpc) is 3.75. The number of rotatable bonds is 8. The number of aromatic nitrogens is 3. The minimum Gasteiger partial charge on any atom is -0.308 e. The predicted molar refractivity (Wildman–Crippen MR) is 273 cm³/mol. The Hall–Kier alpha value is -10.2. The van der Waals surface area contributed by atoms with E-state index >= 15 is 0 Å². The van der Waals surface area contributed by atoms with Crippen LogP contribution in [-0.4, -0.2) is 14.5 Å². The molecule has 0 saturated carbocycles. The molecule has 7 nitrogen and oxygen atoms in total. The van der Waals surface area contributed by atoms with E-state index in [9.17, 15) is 21.0 Å². The third-order valence-electron chi connectivity index (χ3n) is 12.5. The Morgan fingerprint density at radius 2 is 0.681 bits per heavy atom. The fourth-order valence-electron chi connectivity index (χ4n) is 9.20. The molecule has 0 aliphatic heterocycles. The van der Waals surface area contributed by atoms with Gasteiger partial charge in [0.2, 0.25) is 0 Å². The first-order valence-corrected chi connectivity index (χ1v) is 22.3. The molecule has 0 atom stereocenters. The van der Waals surface area contributed by atoms with Gasteiger partial charge in [-0.25, -0.2) is 9.97 Å². The second kappa shape index (κ2) is 17.7. The Morgan fingerprint density at radius 3 is 1.13 bits per heavy atom. The van der Waals surface area contributed by atoms with E-state index in [4.69, 9.17) is 9.97 Å². The van der Waals surface area contributed by atoms with Crippen molar-refractivity contribution in [1.82, 2.24) is 14.5 Å². The molecule has 318 valence electrons. The lowest BCUT2D eigenvalue weighted by Gasteiger charge is -2.21. The molecule has 11 rings (SSSR count). The highest BCUT2D eigenvalue weighted by molar-refractivity contribution is 6.13. The van der Waals surface area contributed by atoms with E-state index in [0.717, 1.165) is 94.4 Å². The molecule has 0 aliphatic rings. The van der Waals surface area contributed by atoms with Gasteiger partial charge in [0.15, 0.2) is 5.82 Å². The van der Waals surface area contributed by atoms with Crippen LogP contribution in [0.2, 0.25) is 0 Å². The van der Waals surface area contributed by atoms with Gasteiger partial charge in [0, 0.05) is 38.6 Å².